The van der Waals surface area contributed by atoms with Crippen LogP contribution in [0.4, 0.5) is 4.39 Å². The molecule has 0 radical (unpaired) electrons. The molecule has 2 aromatic rings. The summed E-state index contributed by atoms with van der Waals surface area (Å²) < 4.78 is 13.7. The fourth-order valence-electron chi connectivity index (χ4n) is 3.08. The summed E-state index contributed by atoms with van der Waals surface area (Å²) in [5, 5.41) is 9.53. The molecule has 1 saturated heterocycles. The van der Waals surface area contributed by atoms with Gasteiger partial charge < -0.3 is 0 Å². The summed E-state index contributed by atoms with van der Waals surface area (Å²) in [4.78, 5) is 6.18. The van der Waals surface area contributed by atoms with Crippen LogP contribution in [0.15, 0.2) is 42.6 Å². The van der Waals surface area contributed by atoms with Gasteiger partial charge in [0.05, 0.1) is 11.5 Å². The molecule has 0 aliphatic carbocycles. The number of pyridine rings is 1. The van der Waals surface area contributed by atoms with Gasteiger partial charge in [0.15, 0.2) is 11.0 Å². The molecule has 0 N–H and O–H groups in total. The number of likely N-dealkylation sites (tertiary alicyclic amines) is 1. The Hall–Kier alpha value is -1.96. The van der Waals surface area contributed by atoms with E-state index in [2.05, 4.69) is 28.1 Å². The Morgan fingerprint density at radius 2 is 1.96 bits per heavy atom. The number of hydrogen-bond donors (Lipinski definition) is 0. The standard InChI is InChI=1S/C18H17ClFN3/c19-17-16(20)10-15(11-22-17)18(13-21)6-8-23(9-7-18)12-14-4-2-1-3-5-14/h1-5,10-11H,6-9,12H2. The van der Waals surface area contributed by atoms with Crippen molar-refractivity contribution >= 4 is 11.6 Å². The molecule has 3 nitrogen and oxygen atoms in total. The van der Waals surface area contributed by atoms with E-state index in [9.17, 15) is 9.65 Å². The van der Waals surface area contributed by atoms with E-state index < -0.39 is 11.2 Å². The third kappa shape index (κ3) is 3.36. The van der Waals surface area contributed by atoms with Gasteiger partial charge in [0.25, 0.3) is 0 Å². The highest BCUT2D eigenvalue weighted by molar-refractivity contribution is 6.29. The third-order valence-corrected chi connectivity index (χ3v) is 4.80. The van der Waals surface area contributed by atoms with Crippen molar-refractivity contribution in [3.8, 4) is 6.07 Å². The first-order valence-electron chi connectivity index (χ1n) is 7.62. The maximum Gasteiger partial charge on any atom is 0.164 e. The zero-order valence-corrected chi connectivity index (χ0v) is 13.4. The molecule has 1 aliphatic heterocycles. The highest BCUT2D eigenvalue weighted by Crippen LogP contribution is 2.36. The van der Waals surface area contributed by atoms with E-state index in [1.807, 2.05) is 18.2 Å². The van der Waals surface area contributed by atoms with Gasteiger partial charge in [0.1, 0.15) is 0 Å². The molecule has 0 bridgehead atoms. The maximum atomic E-state index is 13.7. The summed E-state index contributed by atoms with van der Waals surface area (Å²) >= 11 is 5.64. The number of nitriles is 1. The largest absolute Gasteiger partial charge is 0.299 e. The first kappa shape index (κ1) is 15.9. The monoisotopic (exact) mass is 329 g/mol. The molecule has 1 aromatic carbocycles. The van der Waals surface area contributed by atoms with Crippen LogP contribution in [0.25, 0.3) is 0 Å². The third-order valence-electron chi connectivity index (χ3n) is 4.52. The Morgan fingerprint density at radius 1 is 1.26 bits per heavy atom. The molecule has 0 amide bonds. The molecule has 0 atom stereocenters. The van der Waals surface area contributed by atoms with Gasteiger partial charge in [0.2, 0.25) is 0 Å². The number of benzene rings is 1. The summed E-state index contributed by atoms with van der Waals surface area (Å²) in [6, 6.07) is 14.0. The highest BCUT2D eigenvalue weighted by atomic mass is 35.5. The Morgan fingerprint density at radius 3 is 2.57 bits per heavy atom. The molecule has 1 fully saturated rings. The van der Waals surface area contributed by atoms with Gasteiger partial charge in [-0.3, -0.25) is 4.90 Å². The molecule has 0 spiro atoms. The number of rotatable bonds is 3. The van der Waals surface area contributed by atoms with Crippen molar-refractivity contribution in [1.29, 1.82) is 5.26 Å². The smallest absolute Gasteiger partial charge is 0.164 e. The van der Waals surface area contributed by atoms with Crippen LogP contribution in [0.5, 0.6) is 0 Å². The van der Waals surface area contributed by atoms with E-state index in [0.29, 0.717) is 18.4 Å². The van der Waals surface area contributed by atoms with Gasteiger partial charge in [-0.2, -0.15) is 5.26 Å². The zero-order chi connectivity index (χ0) is 16.3. The lowest BCUT2D eigenvalue weighted by molar-refractivity contribution is 0.178. The molecular weight excluding hydrogens is 313 g/mol. The molecule has 1 aliphatic rings. The van der Waals surface area contributed by atoms with Gasteiger partial charge in [0, 0.05) is 25.8 Å². The molecular formula is C18H17ClFN3. The predicted molar refractivity (Wildman–Crippen MR) is 87.4 cm³/mol. The second-order valence-corrected chi connectivity index (χ2v) is 6.31. The molecule has 3 rings (SSSR count). The van der Waals surface area contributed by atoms with E-state index in [0.717, 1.165) is 19.6 Å². The average Bonchev–Trinajstić information content (AvgIpc) is 2.59. The highest BCUT2D eigenvalue weighted by Gasteiger charge is 2.37. The number of piperidine rings is 1. The number of aromatic nitrogens is 1. The number of hydrogen-bond acceptors (Lipinski definition) is 3. The first-order valence-corrected chi connectivity index (χ1v) is 8.00. The lowest BCUT2D eigenvalue weighted by Crippen LogP contribution is -2.41. The van der Waals surface area contributed by atoms with Crippen molar-refractivity contribution in [3.05, 3.63) is 64.7 Å². The van der Waals surface area contributed by atoms with Crippen LogP contribution in [0.3, 0.4) is 0 Å². The minimum absolute atomic E-state index is 0.150. The summed E-state index contributed by atoms with van der Waals surface area (Å²) in [6.45, 7) is 2.47. The van der Waals surface area contributed by atoms with Crippen LogP contribution in [0.2, 0.25) is 5.15 Å². The van der Waals surface area contributed by atoms with Crippen molar-refractivity contribution in [1.82, 2.24) is 9.88 Å². The van der Waals surface area contributed by atoms with Gasteiger partial charge in [-0.05, 0) is 30.0 Å². The van der Waals surface area contributed by atoms with Crippen LogP contribution in [-0.2, 0) is 12.0 Å². The van der Waals surface area contributed by atoms with Crippen molar-refractivity contribution in [3.63, 3.8) is 0 Å². The fraction of sp³-hybridized carbons (Fsp3) is 0.333. The van der Waals surface area contributed by atoms with Gasteiger partial charge >= 0.3 is 0 Å². The summed E-state index contributed by atoms with van der Waals surface area (Å²) in [5.41, 5.74) is 1.21. The normalized spacial score (nSPS) is 17.6. The Bertz CT molecular complexity index is 719. The first-order chi connectivity index (χ1) is 11.1. The molecule has 118 valence electrons. The minimum Gasteiger partial charge on any atom is -0.299 e. The quantitative estimate of drug-likeness (QED) is 0.801. The molecule has 2 heterocycles. The van der Waals surface area contributed by atoms with Crippen LogP contribution in [-0.4, -0.2) is 23.0 Å². The van der Waals surface area contributed by atoms with Crippen LogP contribution in [0.1, 0.15) is 24.0 Å². The van der Waals surface area contributed by atoms with Crippen molar-refractivity contribution in [2.45, 2.75) is 24.8 Å². The Kier molecular flexibility index (Phi) is 4.61. The van der Waals surface area contributed by atoms with E-state index in [1.54, 1.807) is 0 Å². The molecule has 0 unspecified atom stereocenters. The van der Waals surface area contributed by atoms with Crippen molar-refractivity contribution in [2.75, 3.05) is 13.1 Å². The van der Waals surface area contributed by atoms with Crippen LogP contribution < -0.4 is 0 Å². The van der Waals surface area contributed by atoms with Gasteiger partial charge in [-0.25, -0.2) is 9.37 Å². The lowest BCUT2D eigenvalue weighted by atomic mass is 9.74. The summed E-state index contributed by atoms with van der Waals surface area (Å²) in [7, 11) is 0. The topological polar surface area (TPSA) is 39.9 Å². The van der Waals surface area contributed by atoms with Crippen molar-refractivity contribution < 1.29 is 4.39 Å². The predicted octanol–water partition coefficient (Wildman–Crippen LogP) is 3.93. The van der Waals surface area contributed by atoms with Crippen LogP contribution >= 0.6 is 11.6 Å². The minimum atomic E-state index is -0.675. The summed E-state index contributed by atoms with van der Waals surface area (Å²) in [5.74, 6) is -0.564. The number of nitrogens with zero attached hydrogens (tertiary/aromatic N) is 3. The zero-order valence-electron chi connectivity index (χ0n) is 12.7. The second-order valence-electron chi connectivity index (χ2n) is 5.95. The maximum absolute atomic E-state index is 13.7. The van der Waals surface area contributed by atoms with Gasteiger partial charge in [-0.1, -0.05) is 41.9 Å². The lowest BCUT2D eigenvalue weighted by Gasteiger charge is -2.37. The Balaban J connectivity index is 1.72. The van der Waals surface area contributed by atoms with E-state index in [1.165, 1.54) is 17.8 Å². The van der Waals surface area contributed by atoms with E-state index in [-0.39, 0.29) is 5.15 Å². The van der Waals surface area contributed by atoms with Crippen LogP contribution in [0, 0.1) is 17.1 Å². The molecule has 0 saturated carbocycles. The number of halogens is 2. The van der Waals surface area contributed by atoms with Crippen molar-refractivity contribution in [2.24, 2.45) is 0 Å². The van der Waals surface area contributed by atoms with E-state index in [4.69, 9.17) is 11.6 Å². The molecule has 23 heavy (non-hydrogen) atoms. The summed E-state index contributed by atoms with van der Waals surface area (Å²) in [6.07, 6.45) is 2.86. The van der Waals surface area contributed by atoms with Gasteiger partial charge in [-0.15, -0.1) is 0 Å². The Labute approximate surface area is 140 Å². The fourth-order valence-corrected chi connectivity index (χ4v) is 3.19. The second kappa shape index (κ2) is 6.66. The average molecular weight is 330 g/mol. The van der Waals surface area contributed by atoms with E-state index >= 15 is 0 Å². The SMILES string of the molecule is N#CC1(c2cnc(Cl)c(F)c2)CCN(Cc2ccccc2)CC1. The molecule has 5 heteroatoms. The molecule has 1 aromatic heterocycles.